The molecule has 0 aliphatic heterocycles. The smallest absolute Gasteiger partial charge is 0.228 e. The van der Waals surface area contributed by atoms with Crippen molar-refractivity contribution in [2.24, 2.45) is 7.05 Å². The number of carbonyl (C=O) groups is 1. The quantitative estimate of drug-likeness (QED) is 0.705. The number of hydrogen-bond acceptors (Lipinski definition) is 4. The van der Waals surface area contributed by atoms with Gasteiger partial charge in [0.2, 0.25) is 5.91 Å². The molecule has 0 bridgehead atoms. The van der Waals surface area contributed by atoms with Gasteiger partial charge in [0.05, 0.1) is 26.3 Å². The van der Waals surface area contributed by atoms with E-state index >= 15 is 0 Å². The average Bonchev–Trinajstić information content (AvgIpc) is 2.94. The number of carbonyl (C=O) groups excluding carboxylic acids is 1. The number of ether oxygens (including phenoxy) is 2. The van der Waals surface area contributed by atoms with Gasteiger partial charge in [-0.25, -0.2) is 0 Å². The first-order valence-electron chi connectivity index (χ1n) is 9.04. The lowest BCUT2D eigenvalue weighted by molar-refractivity contribution is -0.115. The Labute approximate surface area is 165 Å². The van der Waals surface area contributed by atoms with E-state index in [-0.39, 0.29) is 12.3 Å². The molecule has 1 heterocycles. The predicted molar refractivity (Wildman–Crippen MR) is 110 cm³/mol. The fourth-order valence-corrected chi connectivity index (χ4v) is 3.22. The van der Waals surface area contributed by atoms with Gasteiger partial charge < -0.3 is 14.8 Å². The number of anilines is 1. The summed E-state index contributed by atoms with van der Waals surface area (Å²) in [5.41, 5.74) is 5.44. The highest BCUT2D eigenvalue weighted by Gasteiger charge is 2.15. The van der Waals surface area contributed by atoms with E-state index in [2.05, 4.69) is 10.4 Å². The van der Waals surface area contributed by atoms with E-state index in [9.17, 15) is 4.79 Å². The van der Waals surface area contributed by atoms with Crippen molar-refractivity contribution in [2.45, 2.75) is 20.3 Å². The first-order valence-corrected chi connectivity index (χ1v) is 9.04. The number of rotatable bonds is 6. The van der Waals surface area contributed by atoms with Crippen molar-refractivity contribution in [1.82, 2.24) is 9.78 Å². The van der Waals surface area contributed by atoms with Gasteiger partial charge in [-0.3, -0.25) is 9.48 Å². The van der Waals surface area contributed by atoms with Crippen molar-refractivity contribution in [2.75, 3.05) is 19.5 Å². The third-order valence-electron chi connectivity index (χ3n) is 4.88. The minimum atomic E-state index is -0.0787. The van der Waals surface area contributed by atoms with Crippen LogP contribution in [0.4, 0.5) is 5.69 Å². The number of methoxy groups -OCH3 is 2. The van der Waals surface area contributed by atoms with Crippen molar-refractivity contribution in [3.05, 3.63) is 59.4 Å². The number of hydrogen-bond donors (Lipinski definition) is 1. The molecule has 6 heteroatoms. The third kappa shape index (κ3) is 4.01. The fourth-order valence-electron chi connectivity index (χ4n) is 3.22. The molecule has 3 rings (SSSR count). The van der Waals surface area contributed by atoms with Crippen molar-refractivity contribution in [1.29, 1.82) is 0 Å². The summed E-state index contributed by atoms with van der Waals surface area (Å²) in [6.45, 7) is 3.89. The molecule has 0 spiro atoms. The number of aryl methyl sites for hydroxylation is 2. The van der Waals surface area contributed by atoms with E-state index in [1.54, 1.807) is 18.9 Å². The van der Waals surface area contributed by atoms with E-state index in [4.69, 9.17) is 9.47 Å². The monoisotopic (exact) mass is 379 g/mol. The lowest BCUT2D eigenvalue weighted by atomic mass is 10.0. The fraction of sp³-hybridized carbons (Fsp3) is 0.273. The number of nitrogens with zero attached hydrogens (tertiary/aromatic N) is 2. The minimum Gasteiger partial charge on any atom is -0.497 e. The zero-order valence-corrected chi connectivity index (χ0v) is 16.9. The summed E-state index contributed by atoms with van der Waals surface area (Å²) in [6, 6.07) is 13.3. The van der Waals surface area contributed by atoms with Crippen LogP contribution in [0.15, 0.2) is 42.5 Å². The second-order valence-electron chi connectivity index (χ2n) is 6.64. The summed E-state index contributed by atoms with van der Waals surface area (Å²) in [5, 5.41) is 7.35. The Morgan fingerprint density at radius 1 is 1.07 bits per heavy atom. The summed E-state index contributed by atoms with van der Waals surface area (Å²) in [7, 11) is 5.15. The molecule has 0 saturated carbocycles. The second-order valence-corrected chi connectivity index (χ2v) is 6.64. The Morgan fingerprint density at radius 3 is 2.36 bits per heavy atom. The maximum Gasteiger partial charge on any atom is 0.228 e. The van der Waals surface area contributed by atoms with Crippen LogP contribution < -0.4 is 14.8 Å². The molecule has 3 aromatic rings. The Balaban J connectivity index is 1.83. The summed E-state index contributed by atoms with van der Waals surface area (Å²) in [4.78, 5) is 12.6. The molecule has 1 amide bonds. The van der Waals surface area contributed by atoms with E-state index in [1.165, 1.54) is 0 Å². The van der Waals surface area contributed by atoms with Gasteiger partial charge in [0, 0.05) is 29.6 Å². The summed E-state index contributed by atoms with van der Waals surface area (Å²) in [6.07, 6.45) is 0.287. The molecule has 0 unspecified atom stereocenters. The maximum atomic E-state index is 12.6. The molecule has 0 fully saturated rings. The van der Waals surface area contributed by atoms with Gasteiger partial charge in [0.25, 0.3) is 0 Å². The third-order valence-corrected chi connectivity index (χ3v) is 4.88. The highest BCUT2D eigenvalue weighted by Crippen LogP contribution is 2.33. The van der Waals surface area contributed by atoms with E-state index < -0.39 is 0 Å². The Morgan fingerprint density at radius 2 is 1.79 bits per heavy atom. The maximum absolute atomic E-state index is 12.6. The van der Waals surface area contributed by atoms with Gasteiger partial charge in [-0.2, -0.15) is 5.10 Å². The molecule has 146 valence electrons. The average molecular weight is 379 g/mol. The van der Waals surface area contributed by atoms with E-state index in [0.29, 0.717) is 0 Å². The highest BCUT2D eigenvalue weighted by molar-refractivity contribution is 5.93. The van der Waals surface area contributed by atoms with Gasteiger partial charge in [0.15, 0.2) is 0 Å². The van der Waals surface area contributed by atoms with Crippen LogP contribution in [0, 0.1) is 13.8 Å². The first kappa shape index (κ1) is 19.5. The van der Waals surface area contributed by atoms with Gasteiger partial charge >= 0.3 is 0 Å². The topological polar surface area (TPSA) is 65.4 Å². The SMILES string of the molecule is COc1ccc(-c2cc(NC(=O)Cc3c(C)nn(C)c3C)ccc2OC)cc1. The molecule has 0 radical (unpaired) electrons. The zero-order valence-electron chi connectivity index (χ0n) is 16.9. The van der Waals surface area contributed by atoms with Gasteiger partial charge in [-0.1, -0.05) is 12.1 Å². The molecule has 1 N–H and O–H groups in total. The number of amides is 1. The van der Waals surface area contributed by atoms with Crippen molar-refractivity contribution in [3.63, 3.8) is 0 Å². The van der Waals surface area contributed by atoms with E-state index in [1.807, 2.05) is 63.4 Å². The lowest BCUT2D eigenvalue weighted by Gasteiger charge is -2.13. The minimum absolute atomic E-state index is 0.0787. The molecule has 28 heavy (non-hydrogen) atoms. The molecule has 0 aliphatic carbocycles. The highest BCUT2D eigenvalue weighted by atomic mass is 16.5. The predicted octanol–water partition coefficient (Wildman–Crippen LogP) is 3.90. The molecule has 0 saturated heterocycles. The van der Waals surface area contributed by atoms with Crippen molar-refractivity contribution in [3.8, 4) is 22.6 Å². The van der Waals surface area contributed by atoms with Crippen LogP contribution in [0.2, 0.25) is 0 Å². The molecule has 0 aliphatic rings. The Hall–Kier alpha value is -3.28. The molecule has 6 nitrogen and oxygen atoms in total. The van der Waals surface area contributed by atoms with Crippen LogP contribution in [-0.4, -0.2) is 29.9 Å². The normalized spacial score (nSPS) is 10.6. The number of nitrogens with one attached hydrogen (secondary N) is 1. The molecular formula is C22H25N3O3. The lowest BCUT2D eigenvalue weighted by Crippen LogP contribution is -2.15. The summed E-state index contributed by atoms with van der Waals surface area (Å²) < 4.78 is 12.5. The Bertz CT molecular complexity index is 991. The van der Waals surface area contributed by atoms with Crippen LogP contribution in [0.3, 0.4) is 0 Å². The van der Waals surface area contributed by atoms with Gasteiger partial charge in [-0.05, 0) is 49.7 Å². The molecule has 0 atom stereocenters. The van der Waals surface area contributed by atoms with E-state index in [0.717, 1.165) is 45.3 Å². The van der Waals surface area contributed by atoms with Crippen LogP contribution in [0.1, 0.15) is 17.0 Å². The largest absolute Gasteiger partial charge is 0.497 e. The van der Waals surface area contributed by atoms with Crippen LogP contribution in [-0.2, 0) is 18.3 Å². The molecule has 1 aromatic heterocycles. The Kier molecular flexibility index (Phi) is 5.68. The second kappa shape index (κ2) is 8.17. The summed E-state index contributed by atoms with van der Waals surface area (Å²) in [5.74, 6) is 1.45. The number of benzene rings is 2. The summed E-state index contributed by atoms with van der Waals surface area (Å²) >= 11 is 0. The van der Waals surface area contributed by atoms with Gasteiger partial charge in [-0.15, -0.1) is 0 Å². The van der Waals surface area contributed by atoms with Crippen LogP contribution >= 0.6 is 0 Å². The van der Waals surface area contributed by atoms with Gasteiger partial charge in [0.1, 0.15) is 11.5 Å². The van der Waals surface area contributed by atoms with Crippen molar-refractivity contribution < 1.29 is 14.3 Å². The van der Waals surface area contributed by atoms with Crippen LogP contribution in [0.25, 0.3) is 11.1 Å². The van der Waals surface area contributed by atoms with Crippen LogP contribution in [0.5, 0.6) is 11.5 Å². The standard InChI is InChI=1S/C22H25N3O3/c1-14-19(15(2)25(3)24-14)13-22(26)23-17-8-11-21(28-5)20(12-17)16-6-9-18(27-4)10-7-16/h6-12H,13H2,1-5H3,(H,23,26). The zero-order chi connectivity index (χ0) is 20.3. The molecule has 2 aromatic carbocycles. The molecular weight excluding hydrogens is 354 g/mol. The number of aromatic nitrogens is 2. The first-order chi connectivity index (χ1) is 13.4. The van der Waals surface area contributed by atoms with Crippen molar-refractivity contribution >= 4 is 11.6 Å².